The summed E-state index contributed by atoms with van der Waals surface area (Å²) in [6.07, 6.45) is 14.1. The maximum atomic E-state index is 14.7. The number of amides is 2. The van der Waals surface area contributed by atoms with Crippen molar-refractivity contribution in [3.63, 3.8) is 0 Å². The number of thiophene rings is 2. The summed E-state index contributed by atoms with van der Waals surface area (Å²) in [5.74, 6) is -0.260. The number of methoxy groups -OCH3 is 2. The highest BCUT2D eigenvalue weighted by Gasteiger charge is 2.35. The van der Waals surface area contributed by atoms with Gasteiger partial charge in [-0.25, -0.2) is 8.78 Å². The van der Waals surface area contributed by atoms with Crippen LogP contribution in [0.1, 0.15) is 95.0 Å². The van der Waals surface area contributed by atoms with Crippen LogP contribution in [0.15, 0.2) is 116 Å². The number of hydrogen-bond donors (Lipinski definition) is 3. The molecule has 10 rings (SSSR count). The Bertz CT molecular complexity index is 3440. The molecule has 0 unspecified atom stereocenters. The molecule has 4 aromatic heterocycles. The Morgan fingerprint density at radius 1 is 0.671 bits per heavy atom. The second-order valence-corrected chi connectivity index (χ2v) is 22.3. The van der Waals surface area contributed by atoms with Crippen LogP contribution in [0.3, 0.4) is 0 Å². The number of benzene rings is 4. The third kappa shape index (κ3) is 12.9. The van der Waals surface area contributed by atoms with Gasteiger partial charge in [0.2, 0.25) is 0 Å². The summed E-state index contributed by atoms with van der Waals surface area (Å²) in [6.45, 7) is 4.67. The Labute approximate surface area is 479 Å². The van der Waals surface area contributed by atoms with Crippen LogP contribution in [0.25, 0.3) is 48.3 Å². The summed E-state index contributed by atoms with van der Waals surface area (Å²) >= 11 is 15.7. The van der Waals surface area contributed by atoms with E-state index >= 15 is 0 Å². The lowest BCUT2D eigenvalue weighted by atomic mass is 9.89. The van der Waals surface area contributed by atoms with E-state index in [4.69, 9.17) is 32.7 Å². The van der Waals surface area contributed by atoms with Gasteiger partial charge in [-0.2, -0.15) is 0 Å². The van der Waals surface area contributed by atoms with E-state index in [0.29, 0.717) is 40.0 Å². The van der Waals surface area contributed by atoms with Crippen molar-refractivity contribution in [1.29, 1.82) is 0 Å². The largest absolute Gasteiger partial charge is 0.496 e. The van der Waals surface area contributed by atoms with Crippen LogP contribution < -0.4 is 25.4 Å². The first-order chi connectivity index (χ1) is 37.8. The van der Waals surface area contributed by atoms with E-state index in [9.17, 15) is 18.4 Å². The summed E-state index contributed by atoms with van der Waals surface area (Å²) in [5.41, 5.74) is 6.74. The number of nitrogens with zero attached hydrogens (tertiary/aromatic N) is 5. The Morgan fingerprint density at radius 2 is 1.23 bits per heavy atom. The zero-order valence-corrected chi connectivity index (χ0v) is 47.3. The van der Waals surface area contributed by atoms with Gasteiger partial charge in [0.15, 0.2) is 0 Å². The van der Waals surface area contributed by atoms with Crippen molar-refractivity contribution in [3.8, 4) is 33.9 Å². The molecule has 2 aliphatic rings. The van der Waals surface area contributed by atoms with E-state index in [1.165, 1.54) is 11.3 Å². The highest BCUT2D eigenvalue weighted by Crippen LogP contribution is 2.42. The molecule has 414 valence electrons. The topological polar surface area (TPSA) is 134 Å². The molecule has 4 heterocycles. The van der Waals surface area contributed by atoms with E-state index < -0.39 is 11.6 Å². The van der Waals surface area contributed by atoms with Gasteiger partial charge in [0.1, 0.15) is 32.9 Å². The van der Waals surface area contributed by atoms with Crippen molar-refractivity contribution >= 4 is 83.6 Å². The Morgan fingerprint density at radius 3 is 1.77 bits per heavy atom. The Kier molecular flexibility index (Phi) is 19.7. The summed E-state index contributed by atoms with van der Waals surface area (Å²) < 4.78 is 41.8. The van der Waals surface area contributed by atoms with Crippen molar-refractivity contribution in [2.75, 3.05) is 35.4 Å². The number of carbonyl (C=O) groups is 2. The predicted molar refractivity (Wildman–Crippen MR) is 319 cm³/mol. The molecule has 0 saturated heterocycles. The average Bonchev–Trinajstić information content (AvgIpc) is 4.15. The zero-order valence-electron chi connectivity index (χ0n) is 44.2. The molecule has 8 aromatic rings. The fraction of sp³-hybridized carbons (Fsp3) is 0.328. The van der Waals surface area contributed by atoms with Crippen LogP contribution in [0, 0.1) is 11.6 Å². The second kappa shape index (κ2) is 26.6. The quantitative estimate of drug-likeness (QED) is 0.0859. The summed E-state index contributed by atoms with van der Waals surface area (Å²) in [7, 11) is 9.00. The molecule has 18 heteroatoms. The maximum Gasteiger partial charge on any atom is 0.266 e. The minimum Gasteiger partial charge on any atom is -0.496 e. The van der Waals surface area contributed by atoms with Gasteiger partial charge in [-0.3, -0.25) is 24.5 Å². The molecule has 3 N–H and O–H groups in total. The third-order valence-corrected chi connectivity index (χ3v) is 18.4. The fourth-order valence-electron chi connectivity index (χ4n) is 10.6. The van der Waals surface area contributed by atoms with Gasteiger partial charge in [0.25, 0.3) is 11.8 Å². The highest BCUT2D eigenvalue weighted by atomic mass is 35.5. The van der Waals surface area contributed by atoms with Crippen LogP contribution in [-0.4, -0.2) is 96.1 Å². The lowest BCUT2D eigenvalue weighted by molar-refractivity contribution is 0.0598. The van der Waals surface area contributed by atoms with Crippen LogP contribution in [0.2, 0.25) is 10.0 Å². The van der Waals surface area contributed by atoms with Crippen LogP contribution in [-0.2, 0) is 13.1 Å². The van der Waals surface area contributed by atoms with E-state index in [1.807, 2.05) is 85.7 Å². The molecule has 0 spiro atoms. The molecular formula is C61H66Cl2F2N8O4S2. The number of nitrogens with one attached hydrogen (secondary N) is 3. The summed E-state index contributed by atoms with van der Waals surface area (Å²) in [4.78, 5) is 45.9. The van der Waals surface area contributed by atoms with Crippen LogP contribution in [0.5, 0.6) is 11.5 Å². The van der Waals surface area contributed by atoms with E-state index in [0.717, 1.165) is 130 Å². The van der Waals surface area contributed by atoms with Crippen molar-refractivity contribution < 1.29 is 27.8 Å². The van der Waals surface area contributed by atoms with Gasteiger partial charge < -0.3 is 35.2 Å². The molecular weight excluding hydrogens is 1080 g/mol. The van der Waals surface area contributed by atoms with Gasteiger partial charge in [-0.1, -0.05) is 61.5 Å². The number of halogens is 4. The van der Waals surface area contributed by atoms with E-state index in [1.54, 1.807) is 51.0 Å². The number of rotatable bonds is 16. The maximum absolute atomic E-state index is 14.7. The number of fused-ring (bicyclic) bond motifs is 2. The summed E-state index contributed by atoms with van der Waals surface area (Å²) in [5, 5.41) is 11.1. The molecule has 0 atom stereocenters. The highest BCUT2D eigenvalue weighted by molar-refractivity contribution is 7.22. The van der Waals surface area contributed by atoms with Gasteiger partial charge >= 0.3 is 0 Å². The molecule has 2 aliphatic carbocycles. The van der Waals surface area contributed by atoms with Gasteiger partial charge in [0.05, 0.1) is 57.6 Å². The molecule has 2 fully saturated rings. The Balaban J connectivity index is 0.000000208. The minimum absolute atomic E-state index is 0. The molecule has 0 aliphatic heterocycles. The standard InChI is InChI=1S/C32H33ClF2N4O2S.C28H29ClN4O2S.CH4/c1-18(36-2)26-16-20(13-14-38-26)19-5-12-27(41-4)21(15-19)17-39(23-8-6-22(37-3)7-9-23)32(40)31-29(33)28-24(34)10-11-25(35)30(28)42-31;1-30-20-8-10-21(11-9-20)33(28(34)27-26(29)22-5-3-4-6-25(22)36-27)17-19-15-18(7-12-24(19)35-2)23-16-31-13-14-32-23;/h5,10-16,22-23,36-37H,1,6-9,17H2,2-4H3;3-7,12-16,20-21,30H,8-11,17H2,1-2H3;1H4. The number of pyridine rings is 1. The molecule has 79 heavy (non-hydrogen) atoms. The predicted octanol–water partition coefficient (Wildman–Crippen LogP) is 14.1. The first-order valence-corrected chi connectivity index (χ1v) is 28.4. The first kappa shape index (κ1) is 58.6. The van der Waals surface area contributed by atoms with Gasteiger partial charge in [-0.05, 0) is 137 Å². The van der Waals surface area contributed by atoms with Gasteiger partial charge in [-0.15, -0.1) is 22.7 Å². The van der Waals surface area contributed by atoms with Crippen molar-refractivity contribution in [1.82, 2.24) is 40.7 Å². The molecule has 0 radical (unpaired) electrons. The third-order valence-electron chi connectivity index (χ3n) is 15.0. The number of hydrogen-bond acceptors (Lipinski definition) is 12. The van der Waals surface area contributed by atoms with Crippen molar-refractivity contribution in [2.24, 2.45) is 0 Å². The zero-order chi connectivity index (χ0) is 55.0. The molecule has 2 amide bonds. The molecule has 0 bridgehead atoms. The lowest BCUT2D eigenvalue weighted by Gasteiger charge is -2.37. The lowest BCUT2D eigenvalue weighted by Crippen LogP contribution is -2.44. The average molecular weight is 1150 g/mol. The summed E-state index contributed by atoms with van der Waals surface area (Å²) in [6, 6.07) is 26.6. The Hall–Kier alpha value is -6.53. The molecule has 2 saturated carbocycles. The number of carbonyl (C=O) groups excluding carboxylic acids is 2. The minimum atomic E-state index is -0.653. The van der Waals surface area contributed by atoms with Gasteiger partial charge in [0, 0.05) is 89.7 Å². The number of aromatic nitrogens is 3. The second-order valence-electron chi connectivity index (χ2n) is 19.5. The molecule has 12 nitrogen and oxygen atoms in total. The number of ether oxygens (including phenoxy) is 2. The smallest absolute Gasteiger partial charge is 0.266 e. The fourth-order valence-corrected chi connectivity index (χ4v) is 13.6. The van der Waals surface area contributed by atoms with Crippen LogP contribution >= 0.6 is 45.9 Å². The van der Waals surface area contributed by atoms with Crippen molar-refractivity contribution in [3.05, 3.63) is 165 Å². The van der Waals surface area contributed by atoms with E-state index in [-0.39, 0.29) is 57.9 Å². The van der Waals surface area contributed by atoms with Crippen molar-refractivity contribution in [2.45, 2.75) is 96.1 Å². The molecule has 4 aromatic carbocycles. The van der Waals surface area contributed by atoms with E-state index in [2.05, 4.69) is 43.5 Å². The van der Waals surface area contributed by atoms with Crippen LogP contribution in [0.4, 0.5) is 8.78 Å². The SMILES string of the molecule is C.C=C(NC)c1cc(-c2ccc(OC)c(CN(C(=O)c3sc4c(F)ccc(F)c4c3Cl)C3CCC(NC)CC3)c2)ccn1.CNC1CCC(N(Cc2cc(-c3cnccn3)ccc2OC)C(=O)c2sc3ccccc3c2Cl)CC1. The normalized spacial score (nSPS) is 17.0. The first-order valence-electron chi connectivity index (χ1n) is 26.0. The monoisotopic (exact) mass is 1150 g/mol.